The van der Waals surface area contributed by atoms with Crippen LogP contribution in [0.2, 0.25) is 0 Å². The fraction of sp³-hybridized carbons (Fsp3) is 0.208. The Morgan fingerprint density at radius 3 is 2.63 bits per heavy atom. The van der Waals surface area contributed by atoms with E-state index in [1.165, 1.54) is 16.9 Å². The van der Waals surface area contributed by atoms with Crippen molar-refractivity contribution < 1.29 is 31.9 Å². The van der Waals surface area contributed by atoms with Gasteiger partial charge in [0.25, 0.3) is 5.91 Å². The fourth-order valence-corrected chi connectivity index (χ4v) is 3.48. The number of hydrogen-bond acceptors (Lipinski definition) is 5. The van der Waals surface area contributed by atoms with Gasteiger partial charge in [0.05, 0.1) is 48.1 Å². The van der Waals surface area contributed by atoms with Crippen LogP contribution in [0.1, 0.15) is 28.6 Å². The van der Waals surface area contributed by atoms with E-state index >= 15 is 0 Å². The largest absolute Gasteiger partial charge is 0.493 e. The first kappa shape index (κ1) is 23.9. The topological polar surface area (TPSA) is 98.4 Å². The van der Waals surface area contributed by atoms with Crippen molar-refractivity contribution >= 4 is 28.8 Å². The van der Waals surface area contributed by atoms with E-state index in [1.807, 2.05) is 0 Å². The van der Waals surface area contributed by atoms with Crippen LogP contribution in [0, 0.1) is 0 Å². The van der Waals surface area contributed by atoms with E-state index in [0.29, 0.717) is 23.6 Å². The molecule has 182 valence electrons. The summed E-state index contributed by atoms with van der Waals surface area (Å²) < 4.78 is 51.8. The average molecular weight is 486 g/mol. The number of para-hydroxylation sites is 1. The second-order valence-corrected chi connectivity index (χ2v) is 7.46. The SMILES string of the molecule is CCOc1ccccc1C(=O)NCC(=O)Nc1nc2cc(C(F)(F)F)ccc2n1Cc1ccco1. The molecule has 4 aromatic rings. The number of carbonyl (C=O) groups excluding carboxylic acids is 2. The second-order valence-electron chi connectivity index (χ2n) is 7.46. The average Bonchev–Trinajstić information content (AvgIpc) is 3.45. The van der Waals surface area contributed by atoms with Crippen molar-refractivity contribution in [2.45, 2.75) is 19.6 Å². The van der Waals surface area contributed by atoms with Crippen LogP contribution in [-0.2, 0) is 17.5 Å². The van der Waals surface area contributed by atoms with Gasteiger partial charge in [-0.1, -0.05) is 12.1 Å². The van der Waals surface area contributed by atoms with Gasteiger partial charge in [-0.25, -0.2) is 4.98 Å². The van der Waals surface area contributed by atoms with Crippen molar-refractivity contribution in [2.24, 2.45) is 0 Å². The Kier molecular flexibility index (Phi) is 6.76. The van der Waals surface area contributed by atoms with Crippen molar-refractivity contribution in [3.8, 4) is 5.75 Å². The maximum Gasteiger partial charge on any atom is 0.416 e. The molecule has 35 heavy (non-hydrogen) atoms. The highest BCUT2D eigenvalue weighted by molar-refractivity contribution is 6.00. The number of aromatic nitrogens is 2. The third kappa shape index (κ3) is 5.45. The van der Waals surface area contributed by atoms with Gasteiger partial charge >= 0.3 is 6.18 Å². The molecular formula is C24H21F3N4O4. The van der Waals surface area contributed by atoms with Gasteiger partial charge < -0.3 is 19.0 Å². The Morgan fingerprint density at radius 1 is 1.11 bits per heavy atom. The summed E-state index contributed by atoms with van der Waals surface area (Å²) in [7, 11) is 0. The highest BCUT2D eigenvalue weighted by Crippen LogP contribution is 2.32. The van der Waals surface area contributed by atoms with Crippen molar-refractivity contribution in [3.63, 3.8) is 0 Å². The van der Waals surface area contributed by atoms with E-state index in [9.17, 15) is 22.8 Å². The maximum atomic E-state index is 13.2. The third-order valence-corrected chi connectivity index (χ3v) is 5.06. The van der Waals surface area contributed by atoms with Crippen molar-refractivity contribution in [1.29, 1.82) is 0 Å². The standard InChI is InChI=1S/C24H21F3N4O4/c1-2-34-20-8-4-3-7-17(20)22(33)28-13-21(32)30-23-29-18-12-15(24(25,26)27)9-10-19(18)31(23)14-16-6-5-11-35-16/h3-12H,2,13-14H2,1H3,(H,28,33)(H,29,30,32). The van der Waals surface area contributed by atoms with Crippen LogP contribution in [0.4, 0.5) is 19.1 Å². The normalized spacial score (nSPS) is 11.4. The summed E-state index contributed by atoms with van der Waals surface area (Å²) in [5, 5.41) is 5.07. The number of alkyl halides is 3. The van der Waals surface area contributed by atoms with E-state index in [4.69, 9.17) is 9.15 Å². The first-order valence-corrected chi connectivity index (χ1v) is 10.7. The summed E-state index contributed by atoms with van der Waals surface area (Å²) in [6.45, 7) is 1.89. The number of anilines is 1. The number of halogens is 3. The molecule has 2 heterocycles. The molecule has 0 aliphatic rings. The summed E-state index contributed by atoms with van der Waals surface area (Å²) in [6.07, 6.45) is -3.07. The Hall–Kier alpha value is -4.28. The molecule has 0 radical (unpaired) electrons. The number of fused-ring (bicyclic) bond motifs is 1. The van der Waals surface area contributed by atoms with Crippen LogP contribution in [0.15, 0.2) is 65.3 Å². The first-order chi connectivity index (χ1) is 16.8. The van der Waals surface area contributed by atoms with Gasteiger partial charge in [0.15, 0.2) is 0 Å². The predicted molar refractivity (Wildman–Crippen MR) is 121 cm³/mol. The van der Waals surface area contributed by atoms with Gasteiger partial charge in [-0.2, -0.15) is 13.2 Å². The van der Waals surface area contributed by atoms with Gasteiger partial charge in [0.1, 0.15) is 11.5 Å². The van der Waals surface area contributed by atoms with Crippen molar-refractivity contribution in [2.75, 3.05) is 18.5 Å². The molecule has 8 nitrogen and oxygen atoms in total. The van der Waals surface area contributed by atoms with Gasteiger partial charge in [-0.05, 0) is 49.4 Å². The Labute approximate surface area is 197 Å². The molecule has 4 rings (SSSR count). The number of nitrogens with one attached hydrogen (secondary N) is 2. The molecule has 11 heteroatoms. The molecule has 2 amide bonds. The molecule has 0 spiro atoms. The molecule has 0 unspecified atom stereocenters. The number of amides is 2. The molecule has 2 N–H and O–H groups in total. The summed E-state index contributed by atoms with van der Waals surface area (Å²) in [5.74, 6) is -0.207. The summed E-state index contributed by atoms with van der Waals surface area (Å²) in [6, 6.07) is 13.1. The van der Waals surface area contributed by atoms with E-state index in [0.717, 1.165) is 12.1 Å². The third-order valence-electron chi connectivity index (χ3n) is 5.06. The summed E-state index contributed by atoms with van der Waals surface area (Å²) >= 11 is 0. The molecule has 0 saturated carbocycles. The molecule has 0 fully saturated rings. The summed E-state index contributed by atoms with van der Waals surface area (Å²) in [5.41, 5.74) is -0.159. The number of rotatable bonds is 8. The number of benzene rings is 2. The molecule has 2 aromatic heterocycles. The van der Waals surface area contributed by atoms with Gasteiger partial charge in [-0.3, -0.25) is 14.9 Å². The van der Waals surface area contributed by atoms with E-state index in [-0.39, 0.29) is 23.6 Å². The maximum absolute atomic E-state index is 13.2. The quantitative estimate of drug-likeness (QED) is 0.383. The fourth-order valence-electron chi connectivity index (χ4n) is 3.48. The van der Waals surface area contributed by atoms with Crippen LogP contribution < -0.4 is 15.4 Å². The number of hydrogen-bond donors (Lipinski definition) is 2. The smallest absolute Gasteiger partial charge is 0.416 e. The minimum absolute atomic E-state index is 0.0182. The van der Waals surface area contributed by atoms with Gasteiger partial charge in [-0.15, -0.1) is 0 Å². The lowest BCUT2D eigenvalue weighted by atomic mass is 10.2. The number of nitrogens with zero attached hydrogens (tertiary/aromatic N) is 2. The van der Waals surface area contributed by atoms with Crippen LogP contribution in [0.5, 0.6) is 5.75 Å². The number of furan rings is 1. The Bertz CT molecular complexity index is 1350. The highest BCUT2D eigenvalue weighted by Gasteiger charge is 2.31. The molecule has 0 bridgehead atoms. The summed E-state index contributed by atoms with van der Waals surface area (Å²) in [4.78, 5) is 29.3. The predicted octanol–water partition coefficient (Wildman–Crippen LogP) is 4.46. The van der Waals surface area contributed by atoms with Crippen molar-refractivity contribution in [1.82, 2.24) is 14.9 Å². The van der Waals surface area contributed by atoms with E-state index < -0.39 is 30.1 Å². The minimum Gasteiger partial charge on any atom is -0.493 e. The molecule has 0 aliphatic carbocycles. The van der Waals surface area contributed by atoms with E-state index in [2.05, 4.69) is 15.6 Å². The van der Waals surface area contributed by atoms with Crippen LogP contribution in [0.3, 0.4) is 0 Å². The monoisotopic (exact) mass is 486 g/mol. The highest BCUT2D eigenvalue weighted by atomic mass is 19.4. The zero-order chi connectivity index (χ0) is 25.0. The minimum atomic E-state index is -4.54. The Balaban J connectivity index is 1.54. The van der Waals surface area contributed by atoms with Crippen LogP contribution >= 0.6 is 0 Å². The lowest BCUT2D eigenvalue weighted by molar-refractivity contribution is -0.137. The van der Waals surface area contributed by atoms with Gasteiger partial charge in [0.2, 0.25) is 11.9 Å². The first-order valence-electron chi connectivity index (χ1n) is 10.7. The lowest BCUT2D eigenvalue weighted by Crippen LogP contribution is -2.33. The molecule has 0 saturated heterocycles. The zero-order valence-electron chi connectivity index (χ0n) is 18.6. The molecular weight excluding hydrogens is 465 g/mol. The van der Waals surface area contributed by atoms with E-state index in [1.54, 1.807) is 43.3 Å². The van der Waals surface area contributed by atoms with Crippen molar-refractivity contribution in [3.05, 3.63) is 77.7 Å². The number of ether oxygens (including phenoxy) is 1. The number of imidazole rings is 1. The lowest BCUT2D eigenvalue weighted by Gasteiger charge is -2.11. The Morgan fingerprint density at radius 2 is 1.91 bits per heavy atom. The van der Waals surface area contributed by atoms with Crippen LogP contribution in [-0.4, -0.2) is 34.5 Å². The molecule has 2 aromatic carbocycles. The molecule has 0 aliphatic heterocycles. The molecule has 0 atom stereocenters. The second kappa shape index (κ2) is 9.92. The van der Waals surface area contributed by atoms with Crippen LogP contribution in [0.25, 0.3) is 11.0 Å². The van der Waals surface area contributed by atoms with Gasteiger partial charge in [0, 0.05) is 0 Å². The zero-order valence-corrected chi connectivity index (χ0v) is 18.6. The number of carbonyl (C=O) groups is 2.